The predicted molar refractivity (Wildman–Crippen MR) is 104 cm³/mol. The van der Waals surface area contributed by atoms with Crippen molar-refractivity contribution in [1.82, 2.24) is 4.98 Å². The van der Waals surface area contributed by atoms with Crippen LogP contribution in [0.3, 0.4) is 0 Å². The molecule has 0 saturated heterocycles. The molecule has 0 aliphatic heterocycles. The van der Waals surface area contributed by atoms with Gasteiger partial charge in [-0.05, 0) is 19.9 Å². The molecule has 1 heterocycles. The molecule has 0 atom stereocenters. The lowest BCUT2D eigenvalue weighted by Gasteiger charge is -2.14. The third kappa shape index (κ3) is 5.64. The Bertz CT molecular complexity index is 881. The molecule has 0 spiro atoms. The van der Waals surface area contributed by atoms with Crippen LogP contribution >= 0.6 is 11.3 Å². The summed E-state index contributed by atoms with van der Waals surface area (Å²) < 4.78 is 15.3. The van der Waals surface area contributed by atoms with Crippen LogP contribution < -0.4 is 14.9 Å². The molecule has 28 heavy (non-hydrogen) atoms. The summed E-state index contributed by atoms with van der Waals surface area (Å²) in [7, 11) is 2.72. The van der Waals surface area contributed by atoms with Gasteiger partial charge in [-0.15, -0.1) is 11.3 Å². The van der Waals surface area contributed by atoms with E-state index >= 15 is 0 Å². The third-order valence-corrected chi connectivity index (χ3v) is 4.10. The van der Waals surface area contributed by atoms with Gasteiger partial charge in [0.2, 0.25) is 10.9 Å². The summed E-state index contributed by atoms with van der Waals surface area (Å²) in [6, 6.07) is 2.93. The fourth-order valence-electron chi connectivity index (χ4n) is 2.15. The number of nitrogens with one attached hydrogen (secondary N) is 1. The first-order chi connectivity index (χ1) is 13.3. The molecule has 1 N–H and O–H groups in total. The number of carbonyl (C=O) groups is 1. The molecule has 2 rings (SSSR count). The van der Waals surface area contributed by atoms with Crippen LogP contribution in [0.4, 0.5) is 10.8 Å². The van der Waals surface area contributed by atoms with Crippen molar-refractivity contribution in [1.29, 1.82) is 0 Å². The number of rotatable bonds is 9. The number of carbonyl (C=O) groups excluding carboxylic acids is 1. The second-order valence-corrected chi connectivity index (χ2v) is 6.62. The maximum Gasteiger partial charge on any atom is 0.315 e. The minimum Gasteiger partial charge on any atom is -0.493 e. The molecule has 10 nitrogen and oxygen atoms in total. The van der Waals surface area contributed by atoms with Crippen molar-refractivity contribution in [2.24, 2.45) is 5.10 Å². The van der Waals surface area contributed by atoms with Crippen molar-refractivity contribution in [3.63, 3.8) is 0 Å². The van der Waals surface area contributed by atoms with Crippen LogP contribution in [-0.4, -0.2) is 42.4 Å². The molecule has 0 aliphatic rings. The molecule has 0 fully saturated rings. The summed E-state index contributed by atoms with van der Waals surface area (Å²) in [4.78, 5) is 26.3. The van der Waals surface area contributed by atoms with Crippen molar-refractivity contribution in [2.75, 3.05) is 19.6 Å². The van der Waals surface area contributed by atoms with E-state index in [4.69, 9.17) is 9.47 Å². The Balaban J connectivity index is 2.18. The lowest BCUT2D eigenvalue weighted by atomic mass is 10.2. The van der Waals surface area contributed by atoms with Crippen LogP contribution in [0.25, 0.3) is 0 Å². The van der Waals surface area contributed by atoms with Gasteiger partial charge in [0.05, 0.1) is 43.6 Å². The molecule has 0 radical (unpaired) electrons. The van der Waals surface area contributed by atoms with E-state index in [-0.39, 0.29) is 35.7 Å². The second-order valence-electron chi connectivity index (χ2n) is 5.76. The molecule has 0 amide bonds. The Labute approximate surface area is 165 Å². The third-order valence-electron chi connectivity index (χ3n) is 3.31. The number of ether oxygens (including phenoxy) is 3. The number of esters is 1. The molecule has 11 heteroatoms. The number of hydrogen-bond donors (Lipinski definition) is 1. The summed E-state index contributed by atoms with van der Waals surface area (Å²) in [5, 5.41) is 17.6. The summed E-state index contributed by atoms with van der Waals surface area (Å²) in [5.74, 6) is -0.0811. The van der Waals surface area contributed by atoms with E-state index in [2.05, 4.69) is 20.2 Å². The molecule has 1 aromatic carbocycles. The second kappa shape index (κ2) is 9.65. The van der Waals surface area contributed by atoms with E-state index in [0.29, 0.717) is 16.4 Å². The summed E-state index contributed by atoms with van der Waals surface area (Å²) in [5.41, 5.74) is 3.50. The molecular weight excluding hydrogens is 388 g/mol. The van der Waals surface area contributed by atoms with Crippen molar-refractivity contribution in [2.45, 2.75) is 26.4 Å². The highest BCUT2D eigenvalue weighted by Gasteiger charge is 2.23. The molecule has 2 aromatic rings. The summed E-state index contributed by atoms with van der Waals surface area (Å²) in [6.45, 7) is 3.54. The average Bonchev–Trinajstić information content (AvgIpc) is 3.08. The number of anilines is 1. The minimum absolute atomic E-state index is 0.0686. The maximum atomic E-state index is 11.4. The van der Waals surface area contributed by atoms with E-state index in [1.54, 1.807) is 25.3 Å². The Morgan fingerprint density at radius 2 is 2.18 bits per heavy atom. The van der Waals surface area contributed by atoms with Gasteiger partial charge in [0.25, 0.3) is 0 Å². The van der Waals surface area contributed by atoms with Crippen LogP contribution in [0.5, 0.6) is 11.5 Å². The van der Waals surface area contributed by atoms with Gasteiger partial charge in [-0.25, -0.2) is 4.98 Å². The van der Waals surface area contributed by atoms with Gasteiger partial charge < -0.3 is 14.2 Å². The van der Waals surface area contributed by atoms with E-state index in [1.165, 1.54) is 37.8 Å². The SMILES string of the molecule is COC(=O)Cc1csc(N/N=C\c2cc(OC)c(OC(C)C)c([N+](=O)[O-])c2)n1. The van der Waals surface area contributed by atoms with Gasteiger partial charge in [-0.3, -0.25) is 20.3 Å². The number of aromatic nitrogens is 1. The Morgan fingerprint density at radius 3 is 2.79 bits per heavy atom. The van der Waals surface area contributed by atoms with Crippen molar-refractivity contribution < 1.29 is 23.9 Å². The van der Waals surface area contributed by atoms with Gasteiger partial charge in [-0.2, -0.15) is 5.10 Å². The molecular formula is C17H20N4O6S. The lowest BCUT2D eigenvalue weighted by Crippen LogP contribution is -2.09. The number of thiazole rings is 1. The average molecular weight is 408 g/mol. The first-order valence-electron chi connectivity index (χ1n) is 8.17. The number of methoxy groups -OCH3 is 2. The Hall–Kier alpha value is -3.21. The Kier molecular flexibility index (Phi) is 7.27. The number of hydrogen-bond acceptors (Lipinski definition) is 10. The maximum absolute atomic E-state index is 11.4. The van der Waals surface area contributed by atoms with E-state index in [0.717, 1.165) is 0 Å². The fraction of sp³-hybridized carbons (Fsp3) is 0.353. The van der Waals surface area contributed by atoms with Crippen LogP contribution in [0.15, 0.2) is 22.6 Å². The van der Waals surface area contributed by atoms with Crippen molar-refractivity contribution in [3.8, 4) is 11.5 Å². The largest absolute Gasteiger partial charge is 0.493 e. The van der Waals surface area contributed by atoms with Gasteiger partial charge in [0.15, 0.2) is 5.75 Å². The predicted octanol–water partition coefficient (Wildman–Crippen LogP) is 3.01. The first-order valence-corrected chi connectivity index (χ1v) is 9.05. The van der Waals surface area contributed by atoms with Crippen LogP contribution in [0.2, 0.25) is 0 Å². The molecule has 0 bridgehead atoms. The van der Waals surface area contributed by atoms with Crippen molar-refractivity contribution >= 4 is 34.3 Å². The smallest absolute Gasteiger partial charge is 0.315 e. The Morgan fingerprint density at radius 1 is 1.43 bits per heavy atom. The number of hydrazone groups is 1. The highest BCUT2D eigenvalue weighted by Crippen LogP contribution is 2.38. The van der Waals surface area contributed by atoms with Gasteiger partial charge in [-0.1, -0.05) is 0 Å². The van der Waals surface area contributed by atoms with Crippen LogP contribution in [0, 0.1) is 10.1 Å². The summed E-state index contributed by atoms with van der Waals surface area (Å²) >= 11 is 1.27. The van der Waals surface area contributed by atoms with Gasteiger partial charge >= 0.3 is 11.7 Å². The highest BCUT2D eigenvalue weighted by atomic mass is 32.1. The van der Waals surface area contributed by atoms with Gasteiger partial charge in [0, 0.05) is 17.0 Å². The molecule has 1 aromatic heterocycles. The topological polar surface area (TPSA) is 125 Å². The molecule has 0 unspecified atom stereocenters. The number of benzene rings is 1. The number of nitrogens with zero attached hydrogens (tertiary/aromatic N) is 3. The minimum atomic E-state index is -0.537. The molecule has 150 valence electrons. The monoisotopic (exact) mass is 408 g/mol. The van der Waals surface area contributed by atoms with Crippen molar-refractivity contribution in [3.05, 3.63) is 38.9 Å². The zero-order chi connectivity index (χ0) is 20.7. The molecule has 0 saturated carbocycles. The zero-order valence-corrected chi connectivity index (χ0v) is 16.6. The number of nitro groups is 1. The number of nitro benzene ring substituents is 1. The summed E-state index contributed by atoms with van der Waals surface area (Å²) in [6.07, 6.45) is 1.22. The standard InChI is InChI=1S/C17H20N4O6S/c1-10(2)27-16-13(21(23)24)5-11(6-14(16)25-3)8-18-20-17-19-12(9-28-17)7-15(22)26-4/h5-6,8-10H,7H2,1-4H3,(H,19,20)/b18-8-. The quantitative estimate of drug-likeness (QED) is 0.290. The van der Waals surface area contributed by atoms with E-state index in [1.807, 2.05) is 0 Å². The van der Waals surface area contributed by atoms with Crippen LogP contribution in [-0.2, 0) is 16.0 Å². The first kappa shape index (κ1) is 21.1. The zero-order valence-electron chi connectivity index (χ0n) is 15.8. The normalized spacial score (nSPS) is 10.9. The fourth-order valence-corrected chi connectivity index (χ4v) is 2.80. The van der Waals surface area contributed by atoms with E-state index in [9.17, 15) is 14.9 Å². The lowest BCUT2D eigenvalue weighted by molar-refractivity contribution is -0.386. The van der Waals surface area contributed by atoms with Gasteiger partial charge in [0.1, 0.15) is 0 Å². The van der Waals surface area contributed by atoms with E-state index < -0.39 is 4.92 Å². The molecule has 0 aliphatic carbocycles. The highest BCUT2D eigenvalue weighted by molar-refractivity contribution is 7.13. The van der Waals surface area contributed by atoms with Crippen LogP contribution in [0.1, 0.15) is 25.1 Å².